The number of carbonyl (C=O) groups is 2. The average molecular weight is 1210 g/mol. The van der Waals surface area contributed by atoms with Gasteiger partial charge in [0.1, 0.15) is 11.5 Å². The zero-order valence-corrected chi connectivity index (χ0v) is 55.1. The van der Waals surface area contributed by atoms with E-state index in [2.05, 4.69) is 184 Å². The van der Waals surface area contributed by atoms with Gasteiger partial charge in [0.15, 0.2) is 8.32 Å². The van der Waals surface area contributed by atoms with E-state index in [-0.39, 0.29) is 46.9 Å². The first-order valence-electron chi connectivity index (χ1n) is 26.1. The predicted octanol–water partition coefficient (Wildman–Crippen LogP) is 16.1. The fourth-order valence-corrected chi connectivity index (χ4v) is 26.4. The van der Waals surface area contributed by atoms with E-state index in [0.29, 0.717) is 13.0 Å². The standard InChI is InChI=1S/C42H77INO7Si3.3C4H9.Sn/c1-20-34(50-53(16,17)40(6,7)8)23-21-30(2)22-24-35(48-29-47-25-26-52(13,14)15)28-36(51-54(18,19)41(9,10)11)32(4)38(49-33(5)45)42(12)37(27-31(3)43)44-39(42)46;3*1-3-4-2;/h1,20-22,24,27,32,34-38H,23,25-26,28-29H2,2-19H3,(H,44,46);3*1,3-4H2,2H3;/b20-1?,24-22+,30-21+,31-27+;;;;/t32-,34+,35+,36+,37+,38-,42-;;;;/m0..../s1. The number of halogens is 1. The van der Waals surface area contributed by atoms with Gasteiger partial charge in [-0.25, -0.2) is 0 Å². The molecule has 1 aliphatic rings. The van der Waals surface area contributed by atoms with Crippen LogP contribution < -0.4 is 5.32 Å². The molecule has 0 aromatic rings. The molecule has 0 aromatic carbocycles. The molecule has 1 N–H and O–H groups in total. The molecule has 0 aromatic heterocycles. The average Bonchev–Trinajstić information content (AvgIpc) is 3.20. The minimum atomic E-state index is -2.56. The maximum atomic E-state index is 13.6. The molecule has 13 heteroatoms. The number of allylic oxidation sites excluding steroid dienone is 3. The monoisotopic (exact) mass is 1210 g/mol. The van der Waals surface area contributed by atoms with Crippen molar-refractivity contribution in [2.24, 2.45) is 11.3 Å². The van der Waals surface area contributed by atoms with E-state index >= 15 is 0 Å². The molecule has 0 unspecified atom stereocenters. The summed E-state index contributed by atoms with van der Waals surface area (Å²) in [6.07, 6.45) is 18.9. The molecule has 0 spiro atoms. The molecular weight excluding hydrogens is 1100 g/mol. The zero-order valence-electron chi connectivity index (χ0n) is 47.1. The number of ether oxygens (including phenoxy) is 3. The second kappa shape index (κ2) is 29.0. The Hall–Kier alpha value is -0.0806. The number of amides is 1. The van der Waals surface area contributed by atoms with Crippen LogP contribution in [0.3, 0.4) is 0 Å². The Morgan fingerprint density at radius 3 is 1.81 bits per heavy atom. The Labute approximate surface area is 434 Å². The van der Waals surface area contributed by atoms with E-state index in [1.54, 1.807) is 0 Å². The first-order valence-corrected chi connectivity index (χ1v) is 44.4. The van der Waals surface area contributed by atoms with Crippen molar-refractivity contribution in [3.63, 3.8) is 0 Å². The van der Waals surface area contributed by atoms with Gasteiger partial charge < -0.3 is 10.1 Å². The molecule has 7 atom stereocenters. The molecule has 0 bridgehead atoms. The summed E-state index contributed by atoms with van der Waals surface area (Å²) in [7, 11) is -5.76. The Morgan fingerprint density at radius 2 is 1.36 bits per heavy atom. The van der Waals surface area contributed by atoms with Crippen LogP contribution in [0.4, 0.5) is 0 Å². The summed E-state index contributed by atoms with van der Waals surface area (Å²) >= 11 is -0.288. The summed E-state index contributed by atoms with van der Waals surface area (Å²) in [6.45, 7) is 47.6. The van der Waals surface area contributed by atoms with Gasteiger partial charge >= 0.3 is 247 Å². The van der Waals surface area contributed by atoms with E-state index in [0.717, 1.165) is 21.6 Å². The van der Waals surface area contributed by atoms with Gasteiger partial charge in [0.25, 0.3) is 0 Å². The second-order valence-electron chi connectivity index (χ2n) is 24.6. The predicted molar refractivity (Wildman–Crippen MR) is 307 cm³/mol. The summed E-state index contributed by atoms with van der Waals surface area (Å²) in [6, 6.07) is 0.775. The van der Waals surface area contributed by atoms with Crippen LogP contribution in [0.2, 0.25) is 75.3 Å². The molecular formula is C54H104INO7Si3Sn. The number of hydrogen-bond donors (Lipinski definition) is 1. The number of nitrogens with one attached hydrogen (secondary N) is 1. The molecule has 1 aliphatic heterocycles. The van der Waals surface area contributed by atoms with Crippen molar-refractivity contribution < 1.29 is 32.7 Å². The first kappa shape index (κ1) is 64.9. The summed E-state index contributed by atoms with van der Waals surface area (Å²) in [5, 5.41) is 3.10. The van der Waals surface area contributed by atoms with Gasteiger partial charge in [-0.15, -0.1) is 0 Å². The van der Waals surface area contributed by atoms with Crippen LogP contribution in [0, 0.1) is 11.3 Å². The number of unbranched alkanes of at least 4 members (excludes halogenated alkanes) is 3. The van der Waals surface area contributed by atoms with Crippen molar-refractivity contribution >= 4 is 77.6 Å². The SMILES string of the molecule is CCC[CH2][Sn](/[CH]=C/[C@H](C/C=C(C)/C=C/[C@H](C[C@@H](O[Si](C)(C)C(C)(C)C)[C@H](C)[C@H](OC(C)=O)[C@@]1(C)C(=O)N[C@@H]1/C=C(\C)I)OCOCC[Si](C)(C)C)O[Si](C)(C)C(C)(C)C)([CH2]CCC)[CH2]CCC. The van der Waals surface area contributed by atoms with Crippen molar-refractivity contribution in [3.05, 3.63) is 43.6 Å². The van der Waals surface area contributed by atoms with Gasteiger partial charge in [-0.1, -0.05) is 53.4 Å². The van der Waals surface area contributed by atoms with Crippen molar-refractivity contribution in [2.75, 3.05) is 13.4 Å². The fourth-order valence-electron chi connectivity index (χ4n) is 8.21. The van der Waals surface area contributed by atoms with Crippen molar-refractivity contribution in [2.45, 2.75) is 254 Å². The number of esters is 1. The molecule has 0 saturated carbocycles. The van der Waals surface area contributed by atoms with E-state index in [1.165, 1.54) is 58.8 Å². The van der Waals surface area contributed by atoms with Crippen LogP contribution in [0.25, 0.3) is 0 Å². The van der Waals surface area contributed by atoms with Gasteiger partial charge in [-0.05, 0) is 64.2 Å². The van der Waals surface area contributed by atoms with Crippen molar-refractivity contribution in [1.29, 1.82) is 0 Å². The van der Waals surface area contributed by atoms with Crippen LogP contribution in [0.1, 0.15) is 148 Å². The Balaban J connectivity index is 3.88. The van der Waals surface area contributed by atoms with Crippen molar-refractivity contribution in [1.82, 2.24) is 5.32 Å². The molecule has 8 nitrogen and oxygen atoms in total. The molecule has 1 amide bonds. The number of rotatable bonds is 32. The molecule has 1 saturated heterocycles. The Morgan fingerprint density at radius 1 is 0.836 bits per heavy atom. The Kier molecular flexibility index (Phi) is 28.1. The summed E-state index contributed by atoms with van der Waals surface area (Å²) in [5.74, 6) is -0.875. The summed E-state index contributed by atoms with van der Waals surface area (Å²) in [4.78, 5) is 26.5. The zero-order chi connectivity index (χ0) is 51.7. The number of β-lactam (4-membered cyclic amide) rings is 1. The van der Waals surface area contributed by atoms with E-state index in [9.17, 15) is 9.59 Å². The third-order valence-electron chi connectivity index (χ3n) is 15.1. The third kappa shape index (κ3) is 22.3. The van der Waals surface area contributed by atoms with Crippen molar-refractivity contribution in [3.8, 4) is 0 Å². The minimum absolute atomic E-state index is 0.0261. The van der Waals surface area contributed by atoms with Crippen LogP contribution in [-0.4, -0.2) is 98.8 Å². The van der Waals surface area contributed by atoms with Gasteiger partial charge in [-0.2, -0.15) is 0 Å². The number of hydrogen-bond acceptors (Lipinski definition) is 7. The van der Waals surface area contributed by atoms with Crippen LogP contribution in [0.5, 0.6) is 0 Å². The van der Waals surface area contributed by atoms with Crippen LogP contribution in [-0.2, 0) is 32.7 Å². The second-order valence-corrected chi connectivity index (χ2v) is 54.4. The topological polar surface area (TPSA) is 92.3 Å². The molecule has 0 radical (unpaired) electrons. The quantitative estimate of drug-likeness (QED) is 0.0136. The van der Waals surface area contributed by atoms with Gasteiger partial charge in [-0.3, -0.25) is 9.59 Å². The molecule has 1 rings (SSSR count). The van der Waals surface area contributed by atoms with Gasteiger partial charge in [0.05, 0.1) is 6.04 Å². The van der Waals surface area contributed by atoms with Crippen LogP contribution in [0.15, 0.2) is 43.6 Å². The molecule has 67 heavy (non-hydrogen) atoms. The van der Waals surface area contributed by atoms with Gasteiger partial charge in [0.2, 0.25) is 5.91 Å². The third-order valence-corrected chi connectivity index (χ3v) is 40.3. The molecule has 390 valence electrons. The normalized spacial score (nSPS) is 20.7. The Bertz CT molecular complexity index is 1600. The molecule has 0 aliphatic carbocycles. The van der Waals surface area contributed by atoms with E-state index < -0.39 is 66.7 Å². The number of carbonyl (C=O) groups excluding carboxylic acids is 2. The summed E-state index contributed by atoms with van der Waals surface area (Å²) < 4.78 is 41.8. The maximum absolute atomic E-state index is 13.6. The van der Waals surface area contributed by atoms with Gasteiger partial charge in [0, 0.05) is 21.6 Å². The fraction of sp³-hybridized carbons (Fsp3) is 0.815. The summed E-state index contributed by atoms with van der Waals surface area (Å²) in [5.41, 5.74) is 0.180. The van der Waals surface area contributed by atoms with Crippen LogP contribution >= 0.6 is 22.6 Å². The first-order chi connectivity index (χ1) is 30.7. The van der Waals surface area contributed by atoms with E-state index in [4.69, 9.17) is 23.1 Å². The molecule has 1 fully saturated rings. The molecule has 1 heterocycles. The van der Waals surface area contributed by atoms with E-state index in [1.807, 2.05) is 13.8 Å².